The minimum atomic E-state index is -0.368. The highest BCUT2D eigenvalue weighted by Crippen LogP contribution is 2.26. The molecule has 1 aliphatic heterocycles. The number of halogens is 2. The van der Waals surface area contributed by atoms with Gasteiger partial charge in [-0.15, -0.1) is 0 Å². The smallest absolute Gasteiger partial charge is 0.251 e. The average molecular weight is 330 g/mol. The summed E-state index contributed by atoms with van der Waals surface area (Å²) in [4.78, 5) is 24.4. The zero-order valence-electron chi connectivity index (χ0n) is 11.8. The van der Waals surface area contributed by atoms with Crippen LogP contribution in [0, 0.1) is 5.92 Å². The molecule has 2 rings (SSSR count). The fourth-order valence-electron chi connectivity index (χ4n) is 2.34. The van der Waals surface area contributed by atoms with Crippen molar-refractivity contribution in [1.82, 2.24) is 15.8 Å². The molecule has 1 heterocycles. The molecule has 1 aromatic rings. The van der Waals surface area contributed by atoms with Crippen molar-refractivity contribution in [2.75, 3.05) is 20.6 Å². The van der Waals surface area contributed by atoms with E-state index in [9.17, 15) is 9.59 Å². The maximum Gasteiger partial charge on any atom is 0.251 e. The van der Waals surface area contributed by atoms with Crippen LogP contribution in [0.5, 0.6) is 0 Å². The molecule has 1 amide bonds. The molecule has 0 spiro atoms. The van der Waals surface area contributed by atoms with Crippen LogP contribution in [-0.2, 0) is 4.79 Å². The molecule has 21 heavy (non-hydrogen) atoms. The molecule has 0 aliphatic carbocycles. The van der Waals surface area contributed by atoms with Gasteiger partial charge >= 0.3 is 0 Å². The van der Waals surface area contributed by atoms with Crippen molar-refractivity contribution in [3.8, 4) is 0 Å². The Morgan fingerprint density at radius 3 is 2.67 bits per heavy atom. The minimum absolute atomic E-state index is 0.0654. The summed E-state index contributed by atoms with van der Waals surface area (Å²) in [6, 6.07) is 4.45. The molecule has 0 bridgehead atoms. The van der Waals surface area contributed by atoms with Crippen LogP contribution < -0.4 is 10.7 Å². The van der Waals surface area contributed by atoms with Crippen molar-refractivity contribution >= 4 is 34.9 Å². The summed E-state index contributed by atoms with van der Waals surface area (Å²) in [5.41, 5.74) is 3.13. The monoisotopic (exact) mass is 329 g/mol. The van der Waals surface area contributed by atoms with Crippen LogP contribution >= 0.6 is 23.2 Å². The number of carbonyl (C=O) groups is 2. The summed E-state index contributed by atoms with van der Waals surface area (Å²) >= 11 is 11.9. The molecule has 2 unspecified atom stereocenters. The number of Topliss-reactive ketones (excluding diaryl/α,β-unsaturated/α-hetero) is 1. The summed E-state index contributed by atoms with van der Waals surface area (Å²) in [5.74, 6) is -0.469. The highest BCUT2D eigenvalue weighted by Gasteiger charge is 2.34. The van der Waals surface area contributed by atoms with Gasteiger partial charge in [0.15, 0.2) is 5.78 Å². The maximum atomic E-state index is 12.5. The topological polar surface area (TPSA) is 61.4 Å². The summed E-state index contributed by atoms with van der Waals surface area (Å²) in [6.07, 6.45) is 0.456. The predicted octanol–water partition coefficient (Wildman–Crippen LogP) is 1.75. The summed E-state index contributed by atoms with van der Waals surface area (Å²) in [6.45, 7) is 0.462. The Kier molecular flexibility index (Phi) is 5.22. The molecule has 0 aromatic heterocycles. The van der Waals surface area contributed by atoms with E-state index in [1.165, 1.54) is 0 Å². The number of carbonyl (C=O) groups excluding carboxylic acids is 2. The lowest BCUT2D eigenvalue weighted by molar-refractivity contribution is -0.126. The lowest BCUT2D eigenvalue weighted by atomic mass is 9.95. The molecule has 2 atom stereocenters. The van der Waals surface area contributed by atoms with Gasteiger partial charge in [-0.2, -0.15) is 0 Å². The van der Waals surface area contributed by atoms with Crippen molar-refractivity contribution in [3.05, 3.63) is 33.8 Å². The standard InChI is InChI=1S/C14H17Cl2N3O2/c1-19(2)18-14(21)12-5-8(7-17-12)13(20)10-4-3-9(15)6-11(10)16/h3-4,6,8,12,17H,5,7H2,1-2H3,(H,18,21). The molecule has 7 heteroatoms. The fourth-order valence-corrected chi connectivity index (χ4v) is 2.84. The van der Waals surface area contributed by atoms with E-state index < -0.39 is 0 Å². The van der Waals surface area contributed by atoms with Crippen LogP contribution in [0.1, 0.15) is 16.8 Å². The van der Waals surface area contributed by atoms with Crippen LogP contribution in [0.2, 0.25) is 10.0 Å². The Labute approximate surface area is 133 Å². The van der Waals surface area contributed by atoms with Gasteiger partial charge in [0.25, 0.3) is 5.91 Å². The third-order valence-electron chi connectivity index (χ3n) is 3.35. The highest BCUT2D eigenvalue weighted by atomic mass is 35.5. The highest BCUT2D eigenvalue weighted by molar-refractivity contribution is 6.36. The van der Waals surface area contributed by atoms with E-state index in [0.717, 1.165) is 0 Å². The second kappa shape index (κ2) is 6.75. The second-order valence-corrected chi connectivity index (χ2v) is 6.10. The largest absolute Gasteiger partial charge is 0.305 e. The third kappa shape index (κ3) is 3.95. The summed E-state index contributed by atoms with van der Waals surface area (Å²) in [7, 11) is 3.48. The number of hydrogen-bond acceptors (Lipinski definition) is 4. The molecule has 0 saturated carbocycles. The number of amides is 1. The molecule has 5 nitrogen and oxygen atoms in total. The zero-order valence-corrected chi connectivity index (χ0v) is 13.3. The molecule has 2 N–H and O–H groups in total. The Bertz CT molecular complexity index is 563. The fraction of sp³-hybridized carbons (Fsp3) is 0.429. The maximum absolute atomic E-state index is 12.5. The Hall–Kier alpha value is -1.14. The molecule has 114 valence electrons. The summed E-state index contributed by atoms with van der Waals surface area (Å²) < 4.78 is 0. The van der Waals surface area contributed by atoms with Crippen molar-refractivity contribution in [1.29, 1.82) is 0 Å². The zero-order chi connectivity index (χ0) is 15.6. The lowest BCUT2D eigenvalue weighted by Crippen LogP contribution is -2.46. The summed E-state index contributed by atoms with van der Waals surface area (Å²) in [5, 5.41) is 5.47. The quantitative estimate of drug-likeness (QED) is 0.652. The number of benzene rings is 1. The van der Waals surface area contributed by atoms with Gasteiger partial charge in [-0.3, -0.25) is 15.0 Å². The van der Waals surface area contributed by atoms with E-state index in [2.05, 4.69) is 10.7 Å². The number of hydrazine groups is 1. The molecule has 1 aromatic carbocycles. The van der Waals surface area contributed by atoms with Crippen LogP contribution in [-0.4, -0.2) is 43.4 Å². The molecular formula is C14H17Cl2N3O2. The first kappa shape index (κ1) is 16.2. The number of hydrogen-bond donors (Lipinski definition) is 2. The number of rotatable bonds is 4. The van der Waals surface area contributed by atoms with Gasteiger partial charge in [0.2, 0.25) is 0 Å². The SMILES string of the molecule is CN(C)NC(=O)C1CC(C(=O)c2ccc(Cl)cc2Cl)CN1. The van der Waals surface area contributed by atoms with Crippen LogP contribution in [0.4, 0.5) is 0 Å². The third-order valence-corrected chi connectivity index (χ3v) is 3.90. The van der Waals surface area contributed by atoms with Crippen LogP contribution in [0.15, 0.2) is 18.2 Å². The Morgan fingerprint density at radius 1 is 1.33 bits per heavy atom. The average Bonchev–Trinajstić information content (AvgIpc) is 2.86. The Balaban J connectivity index is 2.04. The van der Waals surface area contributed by atoms with Gasteiger partial charge in [-0.05, 0) is 24.6 Å². The Morgan fingerprint density at radius 2 is 2.05 bits per heavy atom. The molecule has 1 fully saturated rings. The predicted molar refractivity (Wildman–Crippen MR) is 82.5 cm³/mol. The van der Waals surface area contributed by atoms with Gasteiger partial charge in [-0.1, -0.05) is 23.2 Å². The van der Waals surface area contributed by atoms with Gasteiger partial charge in [-0.25, -0.2) is 5.01 Å². The second-order valence-electron chi connectivity index (χ2n) is 5.25. The first-order chi connectivity index (χ1) is 9.88. The first-order valence-corrected chi connectivity index (χ1v) is 7.34. The van der Waals surface area contributed by atoms with E-state index in [4.69, 9.17) is 23.2 Å². The number of ketones is 1. The van der Waals surface area contributed by atoms with E-state index in [-0.39, 0.29) is 23.7 Å². The van der Waals surface area contributed by atoms with E-state index >= 15 is 0 Å². The minimum Gasteiger partial charge on any atom is -0.305 e. The number of nitrogens with one attached hydrogen (secondary N) is 2. The van der Waals surface area contributed by atoms with E-state index in [0.29, 0.717) is 28.6 Å². The number of nitrogens with zero attached hydrogens (tertiary/aromatic N) is 1. The molecule has 1 aliphatic rings. The van der Waals surface area contributed by atoms with Crippen molar-refractivity contribution in [2.45, 2.75) is 12.5 Å². The lowest BCUT2D eigenvalue weighted by Gasteiger charge is -2.16. The van der Waals surface area contributed by atoms with Crippen LogP contribution in [0.25, 0.3) is 0 Å². The van der Waals surface area contributed by atoms with Gasteiger partial charge in [0.05, 0.1) is 11.1 Å². The van der Waals surface area contributed by atoms with Gasteiger partial charge < -0.3 is 5.32 Å². The van der Waals surface area contributed by atoms with Crippen LogP contribution in [0.3, 0.4) is 0 Å². The molecule has 0 radical (unpaired) electrons. The van der Waals surface area contributed by atoms with E-state index in [1.807, 2.05) is 0 Å². The van der Waals surface area contributed by atoms with E-state index in [1.54, 1.807) is 37.3 Å². The van der Waals surface area contributed by atoms with Crippen molar-refractivity contribution < 1.29 is 9.59 Å². The molecule has 1 saturated heterocycles. The van der Waals surface area contributed by atoms with Crippen molar-refractivity contribution in [3.63, 3.8) is 0 Å². The van der Waals surface area contributed by atoms with Crippen molar-refractivity contribution in [2.24, 2.45) is 5.92 Å². The van der Waals surface area contributed by atoms with Gasteiger partial charge in [0, 0.05) is 37.1 Å². The normalized spacial score (nSPS) is 21.6. The molecular weight excluding hydrogens is 313 g/mol. The first-order valence-electron chi connectivity index (χ1n) is 6.59. The van der Waals surface area contributed by atoms with Gasteiger partial charge in [0.1, 0.15) is 0 Å².